The van der Waals surface area contributed by atoms with E-state index in [-0.39, 0.29) is 0 Å². The number of nitrogens with one attached hydrogen (secondary N) is 2. The van der Waals surface area contributed by atoms with E-state index < -0.39 is 0 Å². The van der Waals surface area contributed by atoms with Crippen LogP contribution in [0.1, 0.15) is 43.7 Å². The number of furan rings is 1. The Kier molecular flexibility index (Phi) is 8.74. The van der Waals surface area contributed by atoms with Crippen LogP contribution in [0.2, 0.25) is 0 Å². The van der Waals surface area contributed by atoms with Crippen molar-refractivity contribution in [3.05, 3.63) is 29.2 Å². The summed E-state index contributed by atoms with van der Waals surface area (Å²) in [5.74, 6) is 2.32. The molecular formula is C20H32N6O2. The molecule has 8 heteroatoms. The number of hydrazone groups is 1. The smallest absolute Gasteiger partial charge is 0.319 e. The molecule has 0 saturated heterocycles. The highest BCUT2D eigenvalue weighted by atomic mass is 16.5. The Bertz CT molecular complexity index is 734. The van der Waals surface area contributed by atoms with Gasteiger partial charge in [0.2, 0.25) is 5.88 Å². The van der Waals surface area contributed by atoms with Gasteiger partial charge in [0.25, 0.3) is 0 Å². The molecule has 0 atom stereocenters. The molecule has 0 saturated carbocycles. The molecule has 2 rings (SSSR count). The van der Waals surface area contributed by atoms with Crippen molar-refractivity contribution in [2.75, 3.05) is 43.6 Å². The Morgan fingerprint density at radius 3 is 2.54 bits per heavy atom. The Morgan fingerprint density at radius 1 is 1.18 bits per heavy atom. The van der Waals surface area contributed by atoms with E-state index in [1.54, 1.807) is 6.21 Å². The monoisotopic (exact) mass is 388 g/mol. The molecular weight excluding hydrogens is 356 g/mol. The highest BCUT2D eigenvalue weighted by Crippen LogP contribution is 2.19. The van der Waals surface area contributed by atoms with Crippen molar-refractivity contribution >= 4 is 17.9 Å². The zero-order valence-corrected chi connectivity index (χ0v) is 17.6. The minimum atomic E-state index is 0.357. The number of aromatic nitrogens is 2. The number of hydrogen-bond donors (Lipinski definition) is 2. The second kappa shape index (κ2) is 11.3. The summed E-state index contributed by atoms with van der Waals surface area (Å²) in [7, 11) is 1.88. The first kappa shape index (κ1) is 21.7. The summed E-state index contributed by atoms with van der Waals surface area (Å²) in [6.07, 6.45) is 3.74. The van der Waals surface area contributed by atoms with Gasteiger partial charge < -0.3 is 19.4 Å². The molecule has 8 nitrogen and oxygen atoms in total. The maximum atomic E-state index is 5.71. The summed E-state index contributed by atoms with van der Waals surface area (Å²) in [6, 6.07) is 4.20. The normalized spacial score (nSPS) is 11.2. The fraction of sp³-hybridized carbons (Fsp3) is 0.550. The molecule has 2 heterocycles. The molecule has 2 aromatic heterocycles. The maximum absolute atomic E-state index is 5.71. The van der Waals surface area contributed by atoms with Crippen LogP contribution in [0.4, 0.5) is 11.7 Å². The first-order valence-corrected chi connectivity index (χ1v) is 9.84. The van der Waals surface area contributed by atoms with Gasteiger partial charge >= 0.3 is 6.01 Å². The van der Waals surface area contributed by atoms with E-state index >= 15 is 0 Å². The lowest BCUT2D eigenvalue weighted by Gasteiger charge is -2.23. The molecule has 0 spiro atoms. The summed E-state index contributed by atoms with van der Waals surface area (Å²) in [5.41, 5.74) is 4.66. The van der Waals surface area contributed by atoms with Crippen molar-refractivity contribution in [3.63, 3.8) is 0 Å². The van der Waals surface area contributed by atoms with Crippen LogP contribution in [0.25, 0.3) is 0 Å². The van der Waals surface area contributed by atoms with Gasteiger partial charge in [-0.15, -0.1) is 0 Å². The van der Waals surface area contributed by atoms with Crippen molar-refractivity contribution in [1.29, 1.82) is 0 Å². The molecule has 0 aliphatic carbocycles. The minimum absolute atomic E-state index is 0.357. The van der Waals surface area contributed by atoms with Crippen molar-refractivity contribution < 1.29 is 9.15 Å². The first-order chi connectivity index (χ1) is 13.6. The quantitative estimate of drug-likeness (QED) is 0.327. The van der Waals surface area contributed by atoms with Crippen molar-refractivity contribution in [2.24, 2.45) is 5.10 Å². The summed E-state index contributed by atoms with van der Waals surface area (Å²) in [4.78, 5) is 11.3. The summed E-state index contributed by atoms with van der Waals surface area (Å²) >= 11 is 0. The molecule has 0 aliphatic heterocycles. The van der Waals surface area contributed by atoms with Crippen LogP contribution in [0, 0.1) is 13.8 Å². The zero-order chi connectivity index (χ0) is 20.4. The third-order valence-corrected chi connectivity index (χ3v) is 4.14. The minimum Gasteiger partial charge on any atom is -0.462 e. The molecule has 0 unspecified atom stereocenters. The standard InChI is InChI=1S/C20H32N6O2/c1-6-9-26(10-7-2)18-13-17(23-20(24-18)27-11-8-21-5)14-22-25-19-12-15(3)16(4)28-19/h12-14,21,25H,6-11H2,1-5H3/b22-14+. The van der Waals surface area contributed by atoms with Crippen LogP contribution in [-0.2, 0) is 0 Å². The lowest BCUT2D eigenvalue weighted by Crippen LogP contribution is -2.26. The second-order valence-electron chi connectivity index (χ2n) is 6.59. The average molecular weight is 389 g/mol. The Labute approximate surface area is 167 Å². The third-order valence-electron chi connectivity index (χ3n) is 4.14. The Hall–Kier alpha value is -2.61. The molecule has 154 valence electrons. The number of anilines is 2. The van der Waals surface area contributed by atoms with Crippen LogP contribution in [0.3, 0.4) is 0 Å². The molecule has 0 aromatic carbocycles. The molecule has 0 amide bonds. The van der Waals surface area contributed by atoms with Gasteiger partial charge in [0, 0.05) is 31.8 Å². The van der Waals surface area contributed by atoms with E-state index in [0.29, 0.717) is 24.2 Å². The SMILES string of the molecule is CCCN(CCC)c1cc(/C=N/Nc2cc(C)c(C)o2)nc(OCCNC)n1. The molecule has 0 aliphatic rings. The highest BCUT2D eigenvalue weighted by Gasteiger charge is 2.11. The number of hydrogen-bond acceptors (Lipinski definition) is 8. The average Bonchev–Trinajstić information content (AvgIpc) is 2.99. The summed E-state index contributed by atoms with van der Waals surface area (Å²) in [5, 5.41) is 7.30. The van der Waals surface area contributed by atoms with E-state index in [4.69, 9.17) is 9.15 Å². The van der Waals surface area contributed by atoms with Gasteiger partial charge in [-0.3, -0.25) is 0 Å². The van der Waals surface area contributed by atoms with Gasteiger partial charge in [0.1, 0.15) is 18.2 Å². The molecule has 0 fully saturated rings. The van der Waals surface area contributed by atoms with Gasteiger partial charge in [0.05, 0.1) is 11.9 Å². The number of rotatable bonds is 12. The van der Waals surface area contributed by atoms with Gasteiger partial charge in [0.15, 0.2) is 0 Å². The van der Waals surface area contributed by atoms with Crippen LogP contribution in [-0.4, -0.2) is 49.5 Å². The predicted molar refractivity (Wildman–Crippen MR) is 114 cm³/mol. The predicted octanol–water partition coefficient (Wildman–Crippen LogP) is 3.36. The molecule has 2 aromatic rings. The topological polar surface area (TPSA) is 87.8 Å². The van der Waals surface area contributed by atoms with Gasteiger partial charge in [-0.2, -0.15) is 15.1 Å². The molecule has 0 bridgehead atoms. The number of aryl methyl sites for hydroxylation is 2. The van der Waals surface area contributed by atoms with Crippen LogP contribution >= 0.6 is 0 Å². The van der Waals surface area contributed by atoms with E-state index in [2.05, 4.69) is 44.6 Å². The summed E-state index contributed by atoms with van der Waals surface area (Å²) < 4.78 is 11.3. The molecule has 2 N–H and O–H groups in total. The largest absolute Gasteiger partial charge is 0.462 e. The zero-order valence-electron chi connectivity index (χ0n) is 17.6. The second-order valence-corrected chi connectivity index (χ2v) is 6.59. The molecule has 28 heavy (non-hydrogen) atoms. The van der Waals surface area contributed by atoms with E-state index in [9.17, 15) is 0 Å². The Balaban J connectivity index is 2.20. The van der Waals surface area contributed by atoms with Gasteiger partial charge in [-0.1, -0.05) is 13.8 Å². The highest BCUT2D eigenvalue weighted by molar-refractivity contribution is 5.79. The van der Waals surface area contributed by atoms with E-state index in [1.165, 1.54) is 0 Å². The van der Waals surface area contributed by atoms with E-state index in [1.807, 2.05) is 33.0 Å². The Morgan fingerprint density at radius 2 is 1.93 bits per heavy atom. The maximum Gasteiger partial charge on any atom is 0.319 e. The first-order valence-electron chi connectivity index (χ1n) is 9.84. The van der Waals surface area contributed by atoms with Crippen LogP contribution in [0.5, 0.6) is 6.01 Å². The van der Waals surface area contributed by atoms with Gasteiger partial charge in [-0.05, 0) is 39.3 Å². The van der Waals surface area contributed by atoms with Crippen LogP contribution < -0.4 is 20.4 Å². The number of nitrogens with zero attached hydrogens (tertiary/aromatic N) is 4. The fourth-order valence-electron chi connectivity index (χ4n) is 2.64. The number of likely N-dealkylation sites (N-methyl/N-ethyl adjacent to an activating group) is 1. The van der Waals surface area contributed by atoms with Crippen molar-refractivity contribution in [2.45, 2.75) is 40.5 Å². The lowest BCUT2D eigenvalue weighted by molar-refractivity contribution is 0.293. The molecule has 0 radical (unpaired) electrons. The third kappa shape index (κ3) is 6.53. The van der Waals surface area contributed by atoms with Crippen molar-refractivity contribution in [1.82, 2.24) is 15.3 Å². The summed E-state index contributed by atoms with van der Waals surface area (Å²) in [6.45, 7) is 11.3. The van der Waals surface area contributed by atoms with Crippen molar-refractivity contribution in [3.8, 4) is 6.01 Å². The van der Waals surface area contributed by atoms with Gasteiger partial charge in [-0.25, -0.2) is 5.43 Å². The fourth-order valence-corrected chi connectivity index (χ4v) is 2.64. The van der Waals surface area contributed by atoms with Crippen LogP contribution in [0.15, 0.2) is 21.7 Å². The van der Waals surface area contributed by atoms with E-state index in [0.717, 1.165) is 49.6 Å². The number of ether oxygens (including phenoxy) is 1. The lowest BCUT2D eigenvalue weighted by atomic mass is 10.3.